The molecule has 19 heavy (non-hydrogen) atoms. The van der Waals surface area contributed by atoms with E-state index in [1.54, 1.807) is 0 Å². The Balaban J connectivity index is 2.49. The summed E-state index contributed by atoms with van der Waals surface area (Å²) in [7, 11) is 2.12. The summed E-state index contributed by atoms with van der Waals surface area (Å²) in [5.74, 6) is 1.02. The number of aromatic nitrogens is 1. The highest BCUT2D eigenvalue weighted by atomic mass is 15.2. The summed E-state index contributed by atoms with van der Waals surface area (Å²) in [6.07, 6.45) is 2.25. The van der Waals surface area contributed by atoms with E-state index >= 15 is 0 Å². The molecule has 0 bridgehead atoms. The number of pyridine rings is 1. The molecule has 3 nitrogen and oxygen atoms in total. The second-order valence-electron chi connectivity index (χ2n) is 4.94. The number of nitrogens with zero attached hydrogens (tertiary/aromatic N) is 2. The fraction of sp³-hybridized carbons (Fsp3) is 0.438. The van der Waals surface area contributed by atoms with Crippen LogP contribution in [0.2, 0.25) is 0 Å². The number of nitrogens with two attached hydrogens (primary N) is 1. The van der Waals surface area contributed by atoms with Crippen LogP contribution in [0.5, 0.6) is 0 Å². The largest absolute Gasteiger partial charge is 0.357 e. The fourth-order valence-corrected chi connectivity index (χ4v) is 2.60. The van der Waals surface area contributed by atoms with Crippen LogP contribution in [0.15, 0.2) is 30.3 Å². The van der Waals surface area contributed by atoms with Crippen molar-refractivity contribution in [1.82, 2.24) is 4.98 Å². The molecule has 2 rings (SSSR count). The zero-order valence-corrected chi connectivity index (χ0v) is 12.1. The Hall–Kier alpha value is -1.61. The van der Waals surface area contributed by atoms with Crippen molar-refractivity contribution in [3.63, 3.8) is 0 Å². The second-order valence-corrected chi connectivity index (χ2v) is 4.94. The van der Waals surface area contributed by atoms with Crippen LogP contribution in [0.25, 0.3) is 10.9 Å². The lowest BCUT2D eigenvalue weighted by Crippen LogP contribution is -2.31. The quantitative estimate of drug-likeness (QED) is 0.893. The van der Waals surface area contributed by atoms with Gasteiger partial charge in [0, 0.05) is 25.0 Å². The number of benzene rings is 1. The van der Waals surface area contributed by atoms with Crippen molar-refractivity contribution in [3.8, 4) is 0 Å². The maximum absolute atomic E-state index is 5.88. The molecule has 0 unspecified atom stereocenters. The molecule has 0 amide bonds. The molecule has 2 N–H and O–H groups in total. The summed E-state index contributed by atoms with van der Waals surface area (Å²) in [6, 6.07) is 10.9. The van der Waals surface area contributed by atoms with E-state index in [4.69, 9.17) is 10.7 Å². The standard InChI is InChI=1S/C16H23N3/c1-4-13(5-2)19(3)16-10-12(11-17)14-8-6-7-9-15(14)18-16/h6-10,13H,4-5,11,17H2,1-3H3. The Morgan fingerprint density at radius 1 is 1.21 bits per heavy atom. The van der Waals surface area contributed by atoms with E-state index in [2.05, 4.69) is 44.0 Å². The molecule has 3 heteroatoms. The molecule has 0 aliphatic carbocycles. The number of hydrogen-bond donors (Lipinski definition) is 1. The number of anilines is 1. The van der Waals surface area contributed by atoms with Crippen LogP contribution < -0.4 is 10.6 Å². The van der Waals surface area contributed by atoms with Gasteiger partial charge < -0.3 is 10.6 Å². The van der Waals surface area contributed by atoms with Crippen molar-refractivity contribution in [1.29, 1.82) is 0 Å². The normalized spacial score (nSPS) is 11.2. The lowest BCUT2D eigenvalue weighted by Gasteiger charge is -2.28. The highest BCUT2D eigenvalue weighted by Gasteiger charge is 2.14. The van der Waals surface area contributed by atoms with Crippen LogP contribution in [0.1, 0.15) is 32.3 Å². The number of fused-ring (bicyclic) bond motifs is 1. The third kappa shape index (κ3) is 2.71. The topological polar surface area (TPSA) is 42.1 Å². The van der Waals surface area contributed by atoms with Gasteiger partial charge in [-0.05, 0) is 30.5 Å². The lowest BCUT2D eigenvalue weighted by atomic mass is 10.1. The summed E-state index contributed by atoms with van der Waals surface area (Å²) in [4.78, 5) is 7.04. The number of hydrogen-bond acceptors (Lipinski definition) is 3. The average Bonchev–Trinajstić information content (AvgIpc) is 2.47. The van der Waals surface area contributed by atoms with Gasteiger partial charge >= 0.3 is 0 Å². The molecule has 0 saturated heterocycles. The molecule has 1 aromatic heterocycles. The molecule has 0 aliphatic rings. The predicted molar refractivity (Wildman–Crippen MR) is 82.4 cm³/mol. The number of para-hydroxylation sites is 1. The molecule has 0 radical (unpaired) electrons. The Bertz CT molecular complexity index is 547. The monoisotopic (exact) mass is 257 g/mol. The van der Waals surface area contributed by atoms with Crippen LogP contribution in [0.4, 0.5) is 5.82 Å². The molecular weight excluding hydrogens is 234 g/mol. The first-order valence-electron chi connectivity index (χ1n) is 7.02. The van der Waals surface area contributed by atoms with E-state index in [1.807, 2.05) is 12.1 Å². The molecule has 1 aromatic carbocycles. The maximum atomic E-state index is 5.88. The van der Waals surface area contributed by atoms with E-state index in [9.17, 15) is 0 Å². The van der Waals surface area contributed by atoms with Crippen molar-refractivity contribution in [3.05, 3.63) is 35.9 Å². The van der Waals surface area contributed by atoms with Gasteiger partial charge in [0.15, 0.2) is 0 Å². The van der Waals surface area contributed by atoms with E-state index in [1.165, 1.54) is 5.56 Å². The molecule has 0 fully saturated rings. The fourth-order valence-electron chi connectivity index (χ4n) is 2.60. The third-order valence-corrected chi connectivity index (χ3v) is 3.86. The maximum Gasteiger partial charge on any atom is 0.129 e. The van der Waals surface area contributed by atoms with Crippen molar-refractivity contribution in [2.45, 2.75) is 39.3 Å². The first-order chi connectivity index (χ1) is 9.21. The summed E-state index contributed by atoms with van der Waals surface area (Å²) in [5, 5.41) is 1.16. The van der Waals surface area contributed by atoms with Gasteiger partial charge in [0.2, 0.25) is 0 Å². The van der Waals surface area contributed by atoms with E-state index in [0.717, 1.165) is 29.6 Å². The Labute approximate surface area is 115 Å². The minimum Gasteiger partial charge on any atom is -0.357 e. The van der Waals surface area contributed by atoms with Crippen molar-refractivity contribution >= 4 is 16.7 Å². The Kier molecular flexibility index (Phi) is 4.38. The molecule has 0 spiro atoms. The summed E-state index contributed by atoms with van der Waals surface area (Å²) < 4.78 is 0. The van der Waals surface area contributed by atoms with Crippen molar-refractivity contribution in [2.75, 3.05) is 11.9 Å². The highest BCUT2D eigenvalue weighted by molar-refractivity contribution is 5.84. The van der Waals surface area contributed by atoms with Crippen LogP contribution in [0.3, 0.4) is 0 Å². The molecule has 102 valence electrons. The Morgan fingerprint density at radius 3 is 2.53 bits per heavy atom. The number of rotatable bonds is 5. The van der Waals surface area contributed by atoms with Crippen LogP contribution in [-0.2, 0) is 6.54 Å². The first-order valence-corrected chi connectivity index (χ1v) is 7.02. The minimum absolute atomic E-state index is 0.527. The van der Waals surface area contributed by atoms with Crippen LogP contribution >= 0.6 is 0 Å². The SMILES string of the molecule is CCC(CC)N(C)c1cc(CN)c2ccccc2n1. The zero-order valence-electron chi connectivity index (χ0n) is 12.1. The van der Waals surface area contributed by atoms with Gasteiger partial charge in [-0.1, -0.05) is 32.0 Å². The third-order valence-electron chi connectivity index (χ3n) is 3.86. The highest BCUT2D eigenvalue weighted by Crippen LogP contribution is 2.24. The minimum atomic E-state index is 0.527. The van der Waals surface area contributed by atoms with E-state index in [0.29, 0.717) is 12.6 Å². The molecule has 0 atom stereocenters. The van der Waals surface area contributed by atoms with Gasteiger partial charge in [0.25, 0.3) is 0 Å². The lowest BCUT2D eigenvalue weighted by molar-refractivity contribution is 0.587. The average molecular weight is 257 g/mol. The Morgan fingerprint density at radius 2 is 1.89 bits per heavy atom. The predicted octanol–water partition coefficient (Wildman–Crippen LogP) is 3.32. The van der Waals surface area contributed by atoms with Crippen LogP contribution in [0, 0.1) is 0 Å². The van der Waals surface area contributed by atoms with Gasteiger partial charge in [-0.3, -0.25) is 0 Å². The molecule has 1 heterocycles. The smallest absolute Gasteiger partial charge is 0.129 e. The second kappa shape index (κ2) is 6.02. The first kappa shape index (κ1) is 13.8. The van der Waals surface area contributed by atoms with Gasteiger partial charge in [0.1, 0.15) is 5.82 Å². The zero-order chi connectivity index (χ0) is 13.8. The van der Waals surface area contributed by atoms with Gasteiger partial charge in [0.05, 0.1) is 5.52 Å². The van der Waals surface area contributed by atoms with E-state index < -0.39 is 0 Å². The summed E-state index contributed by atoms with van der Waals surface area (Å²) in [5.41, 5.74) is 8.07. The molecule has 0 aliphatic heterocycles. The summed E-state index contributed by atoms with van der Waals surface area (Å²) in [6.45, 7) is 4.98. The van der Waals surface area contributed by atoms with Gasteiger partial charge in [-0.2, -0.15) is 0 Å². The van der Waals surface area contributed by atoms with Crippen LogP contribution in [-0.4, -0.2) is 18.1 Å². The van der Waals surface area contributed by atoms with Crippen molar-refractivity contribution in [2.24, 2.45) is 5.73 Å². The van der Waals surface area contributed by atoms with Crippen molar-refractivity contribution < 1.29 is 0 Å². The van der Waals surface area contributed by atoms with E-state index in [-0.39, 0.29) is 0 Å². The van der Waals surface area contributed by atoms with Gasteiger partial charge in [-0.25, -0.2) is 4.98 Å². The molecule has 0 saturated carbocycles. The molecule has 2 aromatic rings. The summed E-state index contributed by atoms with van der Waals surface area (Å²) >= 11 is 0. The molecular formula is C16H23N3. The van der Waals surface area contributed by atoms with Gasteiger partial charge in [-0.15, -0.1) is 0 Å².